The molecule has 3 heteroatoms. The van der Waals surface area contributed by atoms with E-state index in [9.17, 15) is 0 Å². The van der Waals surface area contributed by atoms with Crippen LogP contribution >= 0.6 is 0 Å². The highest BCUT2D eigenvalue weighted by molar-refractivity contribution is 5.33. The van der Waals surface area contributed by atoms with Crippen LogP contribution in [0, 0.1) is 6.92 Å². The highest BCUT2D eigenvalue weighted by atomic mass is 16.3. The number of aromatic nitrogens is 1. The summed E-state index contributed by atoms with van der Waals surface area (Å²) >= 11 is 0. The first kappa shape index (κ1) is 12.4. The molecule has 2 heterocycles. The van der Waals surface area contributed by atoms with E-state index in [2.05, 4.69) is 29.4 Å². The number of fused-ring (bicyclic) bond motifs is 1. The van der Waals surface area contributed by atoms with E-state index in [0.717, 1.165) is 25.1 Å². The highest BCUT2D eigenvalue weighted by Gasteiger charge is 2.32. The molecule has 3 nitrogen and oxygen atoms in total. The molecule has 0 saturated carbocycles. The number of furan rings is 1. The molecule has 2 unspecified atom stereocenters. The van der Waals surface area contributed by atoms with Gasteiger partial charge >= 0.3 is 0 Å². The van der Waals surface area contributed by atoms with Crippen molar-refractivity contribution >= 4 is 0 Å². The van der Waals surface area contributed by atoms with Crippen LogP contribution in [0.15, 0.2) is 35.1 Å². The second-order valence-electron chi connectivity index (χ2n) is 5.22. The predicted octanol–water partition coefficient (Wildman–Crippen LogP) is 3.36. The third-order valence-electron chi connectivity index (χ3n) is 3.94. The molecule has 2 atom stereocenters. The van der Waals surface area contributed by atoms with Crippen LogP contribution in [0.4, 0.5) is 0 Å². The van der Waals surface area contributed by atoms with Crippen LogP contribution in [-0.4, -0.2) is 11.5 Å². The van der Waals surface area contributed by atoms with E-state index >= 15 is 0 Å². The normalized spacial score (nSPS) is 19.4. The number of rotatable bonds is 4. The van der Waals surface area contributed by atoms with E-state index in [1.165, 1.54) is 16.8 Å². The number of nitrogens with one attached hydrogen (secondary N) is 1. The summed E-state index contributed by atoms with van der Waals surface area (Å²) in [6.07, 6.45) is 6.07. The fraction of sp³-hybridized carbons (Fsp3) is 0.438. The zero-order valence-corrected chi connectivity index (χ0v) is 11.5. The zero-order chi connectivity index (χ0) is 13.2. The Morgan fingerprint density at radius 3 is 3.16 bits per heavy atom. The Bertz CT molecular complexity index is 561. The summed E-state index contributed by atoms with van der Waals surface area (Å²) in [5.74, 6) is 1.42. The van der Waals surface area contributed by atoms with E-state index in [0.29, 0.717) is 12.0 Å². The standard InChI is InChI=1S/C16H20N2O/c1-3-17-16(13-9-11(2)19-10-13)14-7-6-12-5-4-8-18-15(12)14/h4-5,8-10,14,16-17H,3,6-7H2,1-2H3. The van der Waals surface area contributed by atoms with Gasteiger partial charge < -0.3 is 9.73 Å². The van der Waals surface area contributed by atoms with Crippen molar-refractivity contribution in [3.63, 3.8) is 0 Å². The molecular formula is C16H20N2O. The lowest BCUT2D eigenvalue weighted by Gasteiger charge is -2.23. The van der Waals surface area contributed by atoms with E-state index in [1.54, 1.807) is 0 Å². The van der Waals surface area contributed by atoms with E-state index in [4.69, 9.17) is 4.42 Å². The molecule has 3 rings (SSSR count). The molecule has 0 saturated heterocycles. The van der Waals surface area contributed by atoms with Crippen molar-refractivity contribution in [1.82, 2.24) is 10.3 Å². The van der Waals surface area contributed by atoms with Gasteiger partial charge in [0.05, 0.1) is 6.26 Å². The molecule has 0 amide bonds. The van der Waals surface area contributed by atoms with Gasteiger partial charge in [0.25, 0.3) is 0 Å². The first-order valence-electron chi connectivity index (χ1n) is 7.01. The minimum atomic E-state index is 0.304. The quantitative estimate of drug-likeness (QED) is 0.911. The summed E-state index contributed by atoms with van der Waals surface area (Å²) in [7, 11) is 0. The van der Waals surface area contributed by atoms with Gasteiger partial charge in [-0.25, -0.2) is 0 Å². The monoisotopic (exact) mass is 256 g/mol. The van der Waals surface area contributed by atoms with Gasteiger partial charge in [-0.05, 0) is 44.0 Å². The molecule has 0 fully saturated rings. The SMILES string of the molecule is CCNC(c1coc(C)c1)C1CCc2cccnc21. The van der Waals surface area contributed by atoms with Crippen molar-refractivity contribution in [3.8, 4) is 0 Å². The summed E-state index contributed by atoms with van der Waals surface area (Å²) < 4.78 is 5.48. The molecule has 0 radical (unpaired) electrons. The number of pyridine rings is 1. The number of nitrogens with zero attached hydrogens (tertiary/aromatic N) is 1. The summed E-state index contributed by atoms with van der Waals surface area (Å²) in [6, 6.07) is 6.67. The molecule has 0 aromatic carbocycles. The molecule has 0 aliphatic heterocycles. The average Bonchev–Trinajstić information content (AvgIpc) is 3.03. The van der Waals surface area contributed by atoms with Gasteiger partial charge in [-0.15, -0.1) is 0 Å². The summed E-state index contributed by atoms with van der Waals surface area (Å²) in [6.45, 7) is 5.09. The van der Waals surface area contributed by atoms with Gasteiger partial charge in [0.1, 0.15) is 5.76 Å². The van der Waals surface area contributed by atoms with E-state index in [-0.39, 0.29) is 0 Å². The lowest BCUT2D eigenvalue weighted by molar-refractivity contribution is 0.440. The number of likely N-dealkylation sites (N-methyl/N-ethyl adjacent to an activating group) is 1. The maximum Gasteiger partial charge on any atom is 0.101 e. The molecule has 1 aliphatic carbocycles. The summed E-state index contributed by atoms with van der Waals surface area (Å²) in [4.78, 5) is 4.61. The van der Waals surface area contributed by atoms with Crippen molar-refractivity contribution in [2.24, 2.45) is 0 Å². The summed E-state index contributed by atoms with van der Waals surface area (Å²) in [5.41, 5.74) is 3.89. The first-order chi connectivity index (χ1) is 9.29. The van der Waals surface area contributed by atoms with Crippen LogP contribution < -0.4 is 5.32 Å². The molecule has 1 aliphatic rings. The molecule has 19 heavy (non-hydrogen) atoms. The van der Waals surface area contributed by atoms with Crippen LogP contribution in [0.2, 0.25) is 0 Å². The molecule has 1 N–H and O–H groups in total. The molecular weight excluding hydrogens is 236 g/mol. The van der Waals surface area contributed by atoms with Gasteiger partial charge in [-0.2, -0.15) is 0 Å². The maximum absolute atomic E-state index is 5.48. The van der Waals surface area contributed by atoms with Gasteiger partial charge in [0, 0.05) is 29.4 Å². The molecule has 0 bridgehead atoms. The lowest BCUT2D eigenvalue weighted by Crippen LogP contribution is -2.26. The molecule has 0 spiro atoms. The fourth-order valence-corrected chi connectivity index (χ4v) is 3.11. The van der Waals surface area contributed by atoms with Crippen LogP contribution in [0.1, 0.15) is 47.9 Å². The molecule has 100 valence electrons. The Kier molecular flexibility index (Phi) is 3.38. The van der Waals surface area contributed by atoms with Crippen LogP contribution in [0.5, 0.6) is 0 Å². The Morgan fingerprint density at radius 1 is 1.53 bits per heavy atom. The van der Waals surface area contributed by atoms with Gasteiger partial charge in [0.15, 0.2) is 0 Å². The lowest BCUT2D eigenvalue weighted by atomic mass is 9.92. The Balaban J connectivity index is 1.94. The van der Waals surface area contributed by atoms with E-state index in [1.807, 2.05) is 25.5 Å². The van der Waals surface area contributed by atoms with Crippen molar-refractivity contribution in [1.29, 1.82) is 0 Å². The Morgan fingerprint density at radius 2 is 2.42 bits per heavy atom. The number of hydrogen-bond acceptors (Lipinski definition) is 3. The first-order valence-corrected chi connectivity index (χ1v) is 7.01. The van der Waals surface area contributed by atoms with Gasteiger partial charge in [0.2, 0.25) is 0 Å². The minimum absolute atomic E-state index is 0.304. The Hall–Kier alpha value is -1.61. The highest BCUT2D eigenvalue weighted by Crippen LogP contribution is 2.40. The summed E-state index contributed by atoms with van der Waals surface area (Å²) in [5, 5.41) is 3.60. The smallest absolute Gasteiger partial charge is 0.101 e. The van der Waals surface area contributed by atoms with Crippen molar-refractivity contribution in [2.45, 2.75) is 38.6 Å². The second kappa shape index (κ2) is 5.17. The Labute approximate surface area is 114 Å². The van der Waals surface area contributed by atoms with E-state index < -0.39 is 0 Å². The molecule has 2 aromatic rings. The van der Waals surface area contributed by atoms with Crippen molar-refractivity contribution < 1.29 is 4.42 Å². The number of hydrogen-bond donors (Lipinski definition) is 1. The topological polar surface area (TPSA) is 38.1 Å². The zero-order valence-electron chi connectivity index (χ0n) is 11.5. The van der Waals surface area contributed by atoms with Crippen LogP contribution in [0.25, 0.3) is 0 Å². The van der Waals surface area contributed by atoms with Crippen LogP contribution in [-0.2, 0) is 6.42 Å². The third-order valence-corrected chi connectivity index (χ3v) is 3.94. The maximum atomic E-state index is 5.48. The average molecular weight is 256 g/mol. The molecule has 2 aromatic heterocycles. The fourth-order valence-electron chi connectivity index (χ4n) is 3.11. The largest absolute Gasteiger partial charge is 0.469 e. The van der Waals surface area contributed by atoms with Crippen LogP contribution in [0.3, 0.4) is 0 Å². The third kappa shape index (κ3) is 2.30. The second-order valence-corrected chi connectivity index (χ2v) is 5.22. The predicted molar refractivity (Wildman–Crippen MR) is 75.2 cm³/mol. The number of aryl methyl sites for hydroxylation is 2. The van der Waals surface area contributed by atoms with Gasteiger partial charge in [-0.3, -0.25) is 4.98 Å². The minimum Gasteiger partial charge on any atom is -0.469 e. The van der Waals surface area contributed by atoms with Crippen molar-refractivity contribution in [2.75, 3.05) is 6.54 Å². The van der Waals surface area contributed by atoms with Gasteiger partial charge in [-0.1, -0.05) is 13.0 Å². The van der Waals surface area contributed by atoms with Crippen molar-refractivity contribution in [3.05, 3.63) is 53.2 Å².